The fourth-order valence-electron chi connectivity index (χ4n) is 1.96. The third kappa shape index (κ3) is 3.88. The largest absolute Gasteiger partial charge is 0.417 e. The molecule has 0 amide bonds. The molecule has 0 fully saturated rings. The quantitative estimate of drug-likeness (QED) is 0.807. The normalized spacial score (nSPS) is 11.5. The second-order valence-electron chi connectivity index (χ2n) is 4.53. The Labute approximate surface area is 126 Å². The van der Waals surface area contributed by atoms with Crippen LogP contribution in [-0.4, -0.2) is 11.5 Å². The van der Waals surface area contributed by atoms with E-state index in [1.165, 1.54) is 0 Å². The van der Waals surface area contributed by atoms with Gasteiger partial charge < -0.3 is 4.90 Å². The van der Waals surface area contributed by atoms with Gasteiger partial charge in [-0.15, -0.1) is 0 Å². The Morgan fingerprint density at radius 3 is 2.38 bits per heavy atom. The van der Waals surface area contributed by atoms with Crippen molar-refractivity contribution in [1.82, 2.24) is 4.98 Å². The van der Waals surface area contributed by atoms with Crippen LogP contribution in [0.2, 0.25) is 5.02 Å². The van der Waals surface area contributed by atoms with Gasteiger partial charge in [-0.05, 0) is 18.6 Å². The molecule has 0 aliphatic carbocycles. The van der Waals surface area contributed by atoms with Gasteiger partial charge in [0, 0.05) is 19.3 Å². The number of hydrogen-bond donors (Lipinski definition) is 0. The van der Waals surface area contributed by atoms with E-state index in [9.17, 15) is 13.2 Å². The minimum atomic E-state index is -4.44. The van der Waals surface area contributed by atoms with E-state index in [4.69, 9.17) is 11.6 Å². The van der Waals surface area contributed by atoms with Gasteiger partial charge >= 0.3 is 6.18 Å². The molecule has 6 heteroatoms. The van der Waals surface area contributed by atoms with Crippen molar-refractivity contribution in [3.05, 3.63) is 58.7 Å². The molecule has 2 rings (SSSR count). The molecule has 21 heavy (non-hydrogen) atoms. The van der Waals surface area contributed by atoms with Crippen LogP contribution >= 0.6 is 11.6 Å². The number of halogens is 4. The van der Waals surface area contributed by atoms with Gasteiger partial charge in [-0.25, -0.2) is 4.98 Å². The zero-order valence-corrected chi connectivity index (χ0v) is 12.1. The van der Waals surface area contributed by atoms with E-state index in [2.05, 4.69) is 4.98 Å². The molecule has 1 aromatic heterocycles. The zero-order chi connectivity index (χ0) is 15.5. The second kappa shape index (κ2) is 6.35. The van der Waals surface area contributed by atoms with Gasteiger partial charge in [0.1, 0.15) is 5.82 Å². The molecule has 0 aliphatic rings. The summed E-state index contributed by atoms with van der Waals surface area (Å²) in [4.78, 5) is 5.72. The number of benzene rings is 1. The Bertz CT molecular complexity index is 600. The van der Waals surface area contributed by atoms with Crippen molar-refractivity contribution >= 4 is 17.4 Å². The van der Waals surface area contributed by atoms with Crippen LogP contribution in [0.3, 0.4) is 0 Å². The van der Waals surface area contributed by atoms with Gasteiger partial charge in [0.05, 0.1) is 10.6 Å². The van der Waals surface area contributed by atoms with Gasteiger partial charge in [0.15, 0.2) is 0 Å². The number of aromatic nitrogens is 1. The molecule has 1 heterocycles. The summed E-state index contributed by atoms with van der Waals surface area (Å²) in [5.41, 5.74) is 0.198. The first-order chi connectivity index (χ1) is 9.91. The molecular weight excluding hydrogens is 301 g/mol. The van der Waals surface area contributed by atoms with Gasteiger partial charge in [0.2, 0.25) is 0 Å². The average molecular weight is 315 g/mol. The summed E-state index contributed by atoms with van der Waals surface area (Å²) in [5.74, 6) is 0.357. The molecule has 0 aliphatic heterocycles. The van der Waals surface area contributed by atoms with E-state index >= 15 is 0 Å². The van der Waals surface area contributed by atoms with E-state index in [1.54, 1.807) is 0 Å². The van der Waals surface area contributed by atoms with Crippen LogP contribution in [0.5, 0.6) is 0 Å². The molecule has 0 bridgehead atoms. The van der Waals surface area contributed by atoms with Crippen LogP contribution in [-0.2, 0) is 12.7 Å². The molecular formula is C15H14ClF3N2. The summed E-state index contributed by atoms with van der Waals surface area (Å²) in [6, 6.07) is 10.5. The van der Waals surface area contributed by atoms with Gasteiger partial charge in [-0.3, -0.25) is 0 Å². The lowest BCUT2D eigenvalue weighted by Gasteiger charge is -2.23. The minimum Gasteiger partial charge on any atom is -0.351 e. The fourth-order valence-corrected chi connectivity index (χ4v) is 2.24. The average Bonchev–Trinajstić information content (AvgIpc) is 2.45. The van der Waals surface area contributed by atoms with Gasteiger partial charge in [0.25, 0.3) is 0 Å². The highest BCUT2D eigenvalue weighted by molar-refractivity contribution is 6.33. The zero-order valence-electron chi connectivity index (χ0n) is 11.4. The maximum absolute atomic E-state index is 12.6. The molecule has 0 saturated heterocycles. The molecule has 0 atom stereocenters. The van der Waals surface area contributed by atoms with Crippen molar-refractivity contribution in [2.24, 2.45) is 0 Å². The summed E-state index contributed by atoms with van der Waals surface area (Å²) in [6.45, 7) is 3.03. The molecule has 0 radical (unpaired) electrons. The summed E-state index contributed by atoms with van der Waals surface area (Å²) in [5, 5.41) is 0.00241. The summed E-state index contributed by atoms with van der Waals surface area (Å²) < 4.78 is 37.9. The van der Waals surface area contributed by atoms with E-state index in [1.807, 2.05) is 42.2 Å². The summed E-state index contributed by atoms with van der Waals surface area (Å²) in [6.07, 6.45) is -3.62. The topological polar surface area (TPSA) is 16.1 Å². The van der Waals surface area contributed by atoms with E-state index in [-0.39, 0.29) is 5.02 Å². The van der Waals surface area contributed by atoms with Crippen molar-refractivity contribution in [1.29, 1.82) is 0 Å². The Balaban J connectivity index is 2.26. The van der Waals surface area contributed by atoms with Crippen LogP contribution in [0.4, 0.5) is 19.0 Å². The predicted molar refractivity (Wildman–Crippen MR) is 77.4 cm³/mol. The van der Waals surface area contributed by atoms with Crippen molar-refractivity contribution in [3.63, 3.8) is 0 Å². The fraction of sp³-hybridized carbons (Fsp3) is 0.267. The lowest BCUT2D eigenvalue weighted by atomic mass is 10.2. The van der Waals surface area contributed by atoms with Crippen LogP contribution in [0.1, 0.15) is 18.1 Å². The van der Waals surface area contributed by atoms with Crippen LogP contribution in [0.15, 0.2) is 42.6 Å². The van der Waals surface area contributed by atoms with Crippen LogP contribution in [0, 0.1) is 0 Å². The number of rotatable bonds is 4. The molecule has 2 nitrogen and oxygen atoms in total. The molecule has 0 spiro atoms. The van der Waals surface area contributed by atoms with Crippen molar-refractivity contribution in [3.8, 4) is 0 Å². The van der Waals surface area contributed by atoms with Gasteiger partial charge in [-0.2, -0.15) is 13.2 Å². The maximum Gasteiger partial charge on any atom is 0.417 e. The highest BCUT2D eigenvalue weighted by Gasteiger charge is 2.32. The SMILES string of the molecule is CCN(Cc1ccccc1)c1ncc(C(F)(F)F)cc1Cl. The maximum atomic E-state index is 12.6. The van der Waals surface area contributed by atoms with Crippen molar-refractivity contribution in [2.75, 3.05) is 11.4 Å². The first kappa shape index (κ1) is 15.6. The number of anilines is 1. The second-order valence-corrected chi connectivity index (χ2v) is 4.93. The smallest absolute Gasteiger partial charge is 0.351 e. The van der Waals surface area contributed by atoms with Crippen LogP contribution < -0.4 is 4.90 Å². The number of alkyl halides is 3. The van der Waals surface area contributed by atoms with Crippen molar-refractivity contribution in [2.45, 2.75) is 19.6 Å². The predicted octanol–water partition coefficient (Wildman–Crippen LogP) is 4.78. The Kier molecular flexibility index (Phi) is 4.73. The lowest BCUT2D eigenvalue weighted by Crippen LogP contribution is -2.23. The Morgan fingerprint density at radius 2 is 1.86 bits per heavy atom. The highest BCUT2D eigenvalue weighted by Crippen LogP contribution is 2.33. The molecule has 0 N–H and O–H groups in total. The lowest BCUT2D eigenvalue weighted by molar-refractivity contribution is -0.137. The molecule has 2 aromatic rings. The summed E-state index contributed by atoms with van der Waals surface area (Å²) in [7, 11) is 0. The van der Waals surface area contributed by atoms with E-state index < -0.39 is 11.7 Å². The molecule has 1 aromatic carbocycles. The number of nitrogens with zero attached hydrogens (tertiary/aromatic N) is 2. The van der Waals surface area contributed by atoms with Gasteiger partial charge in [-0.1, -0.05) is 41.9 Å². The minimum absolute atomic E-state index is 0.00241. The third-order valence-corrected chi connectivity index (χ3v) is 3.32. The van der Waals surface area contributed by atoms with Crippen LogP contribution in [0.25, 0.3) is 0 Å². The highest BCUT2D eigenvalue weighted by atomic mass is 35.5. The summed E-state index contributed by atoms with van der Waals surface area (Å²) >= 11 is 5.97. The van der Waals surface area contributed by atoms with Crippen molar-refractivity contribution < 1.29 is 13.2 Å². The standard InChI is InChI=1S/C15H14ClF3N2/c1-2-21(10-11-6-4-3-5-7-11)14-13(16)8-12(9-20-14)15(17,18)19/h3-9H,2,10H2,1H3. The Morgan fingerprint density at radius 1 is 1.19 bits per heavy atom. The third-order valence-electron chi connectivity index (χ3n) is 3.05. The number of hydrogen-bond acceptors (Lipinski definition) is 2. The first-order valence-corrected chi connectivity index (χ1v) is 6.81. The Hall–Kier alpha value is -1.75. The molecule has 0 saturated carbocycles. The molecule has 0 unspecified atom stereocenters. The molecule has 112 valence electrons. The monoisotopic (exact) mass is 314 g/mol. The van der Waals surface area contributed by atoms with E-state index in [0.717, 1.165) is 17.8 Å². The van der Waals surface area contributed by atoms with E-state index in [0.29, 0.717) is 18.9 Å². The number of pyridine rings is 1. The first-order valence-electron chi connectivity index (χ1n) is 6.43.